The quantitative estimate of drug-likeness (QED) is 0.886. The summed E-state index contributed by atoms with van der Waals surface area (Å²) in [4.78, 5) is 16.1. The van der Waals surface area contributed by atoms with Crippen LogP contribution in [0.3, 0.4) is 0 Å². The number of morpholine rings is 1. The second kappa shape index (κ2) is 6.72. The van der Waals surface area contributed by atoms with Gasteiger partial charge in [-0.1, -0.05) is 22.0 Å². The Labute approximate surface area is 135 Å². The number of hydrogen-bond donors (Lipinski definition) is 1. The molecule has 1 aromatic heterocycles. The van der Waals surface area contributed by atoms with Crippen LogP contribution in [-0.2, 0) is 11.3 Å². The summed E-state index contributed by atoms with van der Waals surface area (Å²) in [5, 5.41) is 3.94. The van der Waals surface area contributed by atoms with Gasteiger partial charge in [0.15, 0.2) is 0 Å². The van der Waals surface area contributed by atoms with Crippen LogP contribution in [0.1, 0.15) is 11.6 Å². The van der Waals surface area contributed by atoms with Crippen LogP contribution in [0.5, 0.6) is 0 Å². The van der Waals surface area contributed by atoms with E-state index >= 15 is 0 Å². The van der Waals surface area contributed by atoms with E-state index in [1.54, 1.807) is 6.07 Å². The Kier molecular flexibility index (Phi) is 4.70. The molecule has 8 heteroatoms. The third-order valence-corrected chi connectivity index (χ3v) is 4.27. The molecule has 6 nitrogen and oxygen atoms in total. The van der Waals surface area contributed by atoms with Gasteiger partial charge in [0.2, 0.25) is 0 Å². The number of rotatable bonds is 4. The van der Waals surface area contributed by atoms with Gasteiger partial charge in [-0.3, -0.25) is 9.88 Å². The molecule has 1 saturated heterocycles. The largest absolute Gasteiger partial charge is 0.378 e. The van der Waals surface area contributed by atoms with E-state index in [1.807, 2.05) is 6.07 Å². The lowest BCUT2D eigenvalue weighted by Crippen LogP contribution is -2.42. The maximum atomic E-state index is 14.2. The maximum Gasteiger partial charge on any atom is 0.343 e. The van der Waals surface area contributed by atoms with Crippen LogP contribution in [0.4, 0.5) is 4.39 Å². The summed E-state index contributed by atoms with van der Waals surface area (Å²) in [6, 6.07) is 4.90. The van der Waals surface area contributed by atoms with Gasteiger partial charge in [-0.25, -0.2) is 13.9 Å². The molecule has 1 atom stereocenters. The van der Waals surface area contributed by atoms with Crippen LogP contribution in [0, 0.1) is 5.82 Å². The molecule has 3 rings (SSSR count). The summed E-state index contributed by atoms with van der Waals surface area (Å²) in [5.41, 5.74) is 0.372. The predicted molar refractivity (Wildman–Crippen MR) is 82.1 cm³/mol. The molecule has 22 heavy (non-hydrogen) atoms. The minimum Gasteiger partial charge on any atom is -0.378 e. The molecule has 0 radical (unpaired) electrons. The summed E-state index contributed by atoms with van der Waals surface area (Å²) < 4.78 is 21.8. The molecular weight excluding hydrogens is 355 g/mol. The molecule has 1 aliphatic rings. The predicted octanol–water partition coefficient (Wildman–Crippen LogP) is 1.55. The van der Waals surface area contributed by atoms with Crippen LogP contribution in [0.15, 0.2) is 33.8 Å². The lowest BCUT2D eigenvalue weighted by atomic mass is 10.0. The van der Waals surface area contributed by atoms with Crippen LogP contribution in [-0.4, -0.2) is 46.0 Å². The second-order valence-corrected chi connectivity index (χ2v) is 6.03. The first-order valence-electron chi connectivity index (χ1n) is 7.02. The molecule has 2 aromatic rings. The summed E-state index contributed by atoms with van der Waals surface area (Å²) in [7, 11) is 0. The van der Waals surface area contributed by atoms with Gasteiger partial charge in [-0.2, -0.15) is 5.10 Å². The van der Waals surface area contributed by atoms with Crippen molar-refractivity contribution in [1.29, 1.82) is 0 Å². The lowest BCUT2D eigenvalue weighted by Gasteiger charge is -2.35. The van der Waals surface area contributed by atoms with Crippen molar-refractivity contribution in [2.45, 2.75) is 12.6 Å². The van der Waals surface area contributed by atoms with Crippen molar-refractivity contribution >= 4 is 15.9 Å². The SMILES string of the molecule is O=c1[nH]cnn1CCN1CCOCC1c1ccc(Br)cc1F. The van der Waals surface area contributed by atoms with Gasteiger partial charge in [-0.05, 0) is 12.1 Å². The van der Waals surface area contributed by atoms with Crippen LogP contribution < -0.4 is 5.69 Å². The fourth-order valence-corrected chi connectivity index (χ4v) is 2.96. The van der Waals surface area contributed by atoms with E-state index in [4.69, 9.17) is 4.74 Å². The number of aromatic amines is 1. The van der Waals surface area contributed by atoms with Gasteiger partial charge in [0.05, 0.1) is 25.8 Å². The first kappa shape index (κ1) is 15.4. The molecule has 1 unspecified atom stereocenters. The van der Waals surface area contributed by atoms with Crippen LogP contribution >= 0.6 is 15.9 Å². The van der Waals surface area contributed by atoms with E-state index in [9.17, 15) is 9.18 Å². The van der Waals surface area contributed by atoms with E-state index in [0.717, 1.165) is 0 Å². The standard InChI is InChI=1S/C14H16BrFN4O2/c15-10-1-2-11(12(16)7-10)13-8-22-6-5-19(13)3-4-20-14(21)17-9-18-20/h1-2,7,9,13H,3-6,8H2,(H,17,18,21). The Morgan fingerprint density at radius 3 is 3.05 bits per heavy atom. The molecule has 0 aliphatic carbocycles. The minimum absolute atomic E-state index is 0.156. The molecule has 0 saturated carbocycles. The Balaban J connectivity index is 1.76. The average molecular weight is 371 g/mol. The van der Waals surface area contributed by atoms with E-state index in [0.29, 0.717) is 42.9 Å². The highest BCUT2D eigenvalue weighted by molar-refractivity contribution is 9.10. The van der Waals surface area contributed by atoms with Gasteiger partial charge in [0.25, 0.3) is 0 Å². The van der Waals surface area contributed by atoms with Gasteiger partial charge >= 0.3 is 5.69 Å². The monoisotopic (exact) mass is 370 g/mol. The number of H-pyrrole nitrogens is 1. The van der Waals surface area contributed by atoms with Gasteiger partial charge in [0.1, 0.15) is 12.1 Å². The topological polar surface area (TPSA) is 63.2 Å². The zero-order chi connectivity index (χ0) is 15.5. The third kappa shape index (κ3) is 3.29. The summed E-state index contributed by atoms with van der Waals surface area (Å²) >= 11 is 3.27. The van der Waals surface area contributed by atoms with E-state index in [2.05, 4.69) is 30.9 Å². The molecule has 1 fully saturated rings. The number of ether oxygens (including phenoxy) is 1. The number of benzene rings is 1. The zero-order valence-corrected chi connectivity index (χ0v) is 13.4. The van der Waals surface area contributed by atoms with Crippen molar-refractivity contribution in [3.63, 3.8) is 0 Å². The van der Waals surface area contributed by atoms with Gasteiger partial charge < -0.3 is 4.74 Å². The molecular formula is C14H16BrFN4O2. The Morgan fingerprint density at radius 1 is 1.45 bits per heavy atom. The molecule has 0 spiro atoms. The minimum atomic E-state index is -0.258. The van der Waals surface area contributed by atoms with Crippen molar-refractivity contribution in [3.8, 4) is 0 Å². The first-order valence-corrected chi connectivity index (χ1v) is 7.81. The van der Waals surface area contributed by atoms with Crippen LogP contribution in [0.2, 0.25) is 0 Å². The van der Waals surface area contributed by atoms with E-state index < -0.39 is 0 Å². The molecule has 1 aromatic carbocycles. The first-order chi connectivity index (χ1) is 10.6. The fraction of sp³-hybridized carbons (Fsp3) is 0.429. The number of nitrogens with zero attached hydrogens (tertiary/aromatic N) is 3. The molecule has 118 valence electrons. The summed E-state index contributed by atoms with van der Waals surface area (Å²) in [6.07, 6.45) is 1.37. The number of aromatic nitrogens is 3. The molecule has 0 amide bonds. The zero-order valence-electron chi connectivity index (χ0n) is 11.8. The highest BCUT2D eigenvalue weighted by Gasteiger charge is 2.26. The van der Waals surface area contributed by atoms with Crippen molar-refractivity contribution < 1.29 is 9.13 Å². The van der Waals surface area contributed by atoms with E-state index in [-0.39, 0.29) is 17.5 Å². The normalized spacial score (nSPS) is 19.5. The Morgan fingerprint density at radius 2 is 2.32 bits per heavy atom. The number of halogens is 2. The summed E-state index contributed by atoms with van der Waals surface area (Å²) in [5.74, 6) is -0.258. The van der Waals surface area contributed by atoms with Gasteiger partial charge in [-0.15, -0.1) is 0 Å². The number of hydrogen-bond acceptors (Lipinski definition) is 4. The third-order valence-electron chi connectivity index (χ3n) is 3.78. The highest BCUT2D eigenvalue weighted by atomic mass is 79.9. The van der Waals surface area contributed by atoms with Crippen molar-refractivity contribution in [1.82, 2.24) is 19.7 Å². The number of nitrogens with one attached hydrogen (secondary N) is 1. The molecule has 1 N–H and O–H groups in total. The maximum absolute atomic E-state index is 14.2. The second-order valence-electron chi connectivity index (χ2n) is 5.11. The van der Waals surface area contributed by atoms with Crippen molar-refractivity contribution in [2.24, 2.45) is 0 Å². The van der Waals surface area contributed by atoms with Crippen molar-refractivity contribution in [2.75, 3.05) is 26.3 Å². The average Bonchev–Trinajstić information content (AvgIpc) is 2.91. The molecule has 1 aliphatic heterocycles. The molecule has 0 bridgehead atoms. The Hall–Kier alpha value is -1.51. The molecule has 2 heterocycles. The van der Waals surface area contributed by atoms with Crippen LogP contribution in [0.25, 0.3) is 0 Å². The van der Waals surface area contributed by atoms with Gasteiger partial charge in [0, 0.05) is 23.1 Å². The smallest absolute Gasteiger partial charge is 0.343 e. The fourth-order valence-electron chi connectivity index (χ4n) is 2.63. The Bertz CT molecular complexity index is 702. The summed E-state index contributed by atoms with van der Waals surface area (Å²) in [6.45, 7) is 2.79. The lowest BCUT2D eigenvalue weighted by molar-refractivity contribution is -0.0116. The highest BCUT2D eigenvalue weighted by Crippen LogP contribution is 2.28. The van der Waals surface area contributed by atoms with E-state index in [1.165, 1.54) is 17.1 Å². The van der Waals surface area contributed by atoms with Crippen molar-refractivity contribution in [3.05, 3.63) is 50.9 Å².